The number of hydrogen-bond acceptors (Lipinski definition) is 5. The van der Waals surface area contributed by atoms with Gasteiger partial charge in [-0.05, 0) is 51.4 Å². The summed E-state index contributed by atoms with van der Waals surface area (Å²) in [5.41, 5.74) is 1.23. The van der Waals surface area contributed by atoms with Crippen molar-refractivity contribution in [2.75, 3.05) is 18.4 Å². The van der Waals surface area contributed by atoms with Crippen LogP contribution in [0.1, 0.15) is 68.0 Å². The highest BCUT2D eigenvalue weighted by Crippen LogP contribution is 2.41. The van der Waals surface area contributed by atoms with Crippen LogP contribution in [0.15, 0.2) is 10.7 Å². The summed E-state index contributed by atoms with van der Waals surface area (Å²) < 4.78 is 5.85. The Hall–Kier alpha value is -2.11. The van der Waals surface area contributed by atoms with Crippen LogP contribution in [0.3, 0.4) is 0 Å². The molecule has 3 fully saturated rings. The van der Waals surface area contributed by atoms with Crippen LogP contribution in [-0.2, 0) is 0 Å². The molecule has 6 nitrogen and oxygen atoms in total. The molecule has 144 valence electrons. The third kappa shape index (κ3) is 2.99. The van der Waals surface area contributed by atoms with E-state index in [1.807, 2.05) is 11.8 Å². The number of nitrogens with one attached hydrogen (secondary N) is 1. The molecule has 0 spiro atoms. The summed E-state index contributed by atoms with van der Waals surface area (Å²) in [5.74, 6) is 2.92. The smallest absolute Gasteiger partial charge is 0.258 e. The summed E-state index contributed by atoms with van der Waals surface area (Å²) in [6, 6.07) is 0. The summed E-state index contributed by atoms with van der Waals surface area (Å²) >= 11 is 0. The first-order valence-corrected chi connectivity index (χ1v) is 10.4. The molecule has 5 rings (SSSR count). The molecule has 27 heavy (non-hydrogen) atoms. The van der Waals surface area contributed by atoms with Crippen molar-refractivity contribution in [2.45, 2.75) is 64.3 Å². The average Bonchev–Trinajstić information content (AvgIpc) is 3.29. The number of carbonyl (C=O) groups is 1. The van der Waals surface area contributed by atoms with E-state index in [0.717, 1.165) is 49.5 Å². The monoisotopic (exact) mass is 368 g/mol. The molecule has 2 aliphatic carbocycles. The zero-order chi connectivity index (χ0) is 18.6. The number of fused-ring (bicyclic) bond motifs is 2. The summed E-state index contributed by atoms with van der Waals surface area (Å²) in [6.45, 7) is 5.78. The number of aryl methyl sites for hydroxylation is 1. The number of rotatable bonds is 3. The van der Waals surface area contributed by atoms with Gasteiger partial charge in [0.1, 0.15) is 17.9 Å². The number of hydrogen-bond donors (Lipinski definition) is 1. The van der Waals surface area contributed by atoms with Gasteiger partial charge >= 0.3 is 0 Å². The predicted molar refractivity (Wildman–Crippen MR) is 104 cm³/mol. The van der Waals surface area contributed by atoms with Crippen molar-refractivity contribution >= 4 is 22.8 Å². The summed E-state index contributed by atoms with van der Waals surface area (Å²) in [7, 11) is 0. The first kappa shape index (κ1) is 17.0. The Kier molecular flexibility index (Phi) is 3.92. The lowest BCUT2D eigenvalue weighted by atomic mass is 9.75. The number of likely N-dealkylation sites (tertiary alicyclic amines) is 1. The van der Waals surface area contributed by atoms with E-state index in [1.54, 1.807) is 0 Å². The fourth-order valence-electron chi connectivity index (χ4n) is 4.94. The fourth-order valence-corrected chi connectivity index (χ4v) is 4.94. The lowest BCUT2D eigenvalue weighted by Crippen LogP contribution is -2.44. The van der Waals surface area contributed by atoms with E-state index in [4.69, 9.17) is 4.42 Å². The second kappa shape index (κ2) is 6.21. The minimum absolute atomic E-state index is 0.0766. The minimum Gasteiger partial charge on any atom is -0.442 e. The molecule has 3 heterocycles. The van der Waals surface area contributed by atoms with Gasteiger partial charge in [-0.2, -0.15) is 0 Å². The molecule has 3 aliphatic rings. The number of aromatic nitrogens is 2. The van der Waals surface area contributed by atoms with Crippen LogP contribution in [0.5, 0.6) is 0 Å². The topological polar surface area (TPSA) is 71.3 Å². The first-order chi connectivity index (χ1) is 13.0. The zero-order valence-electron chi connectivity index (χ0n) is 16.3. The molecule has 2 atom stereocenters. The SMILES string of the molecule is Cc1oc2ncnc(NC3(C)CC3)c2c1C(=O)N1CC[C@@H]2CCCC[C@H]2C1. The van der Waals surface area contributed by atoms with Crippen LogP contribution in [0.25, 0.3) is 11.1 Å². The zero-order valence-corrected chi connectivity index (χ0v) is 16.3. The summed E-state index contributed by atoms with van der Waals surface area (Å²) in [4.78, 5) is 24.3. The quantitative estimate of drug-likeness (QED) is 0.881. The van der Waals surface area contributed by atoms with Crippen molar-refractivity contribution in [1.82, 2.24) is 14.9 Å². The fraction of sp³-hybridized carbons (Fsp3) is 0.667. The van der Waals surface area contributed by atoms with Crippen molar-refractivity contribution in [3.05, 3.63) is 17.7 Å². The van der Waals surface area contributed by atoms with Crippen molar-refractivity contribution in [3.63, 3.8) is 0 Å². The molecule has 0 radical (unpaired) electrons. The third-order valence-corrected chi connectivity index (χ3v) is 6.88. The van der Waals surface area contributed by atoms with Gasteiger partial charge < -0.3 is 14.6 Å². The molecule has 2 aromatic rings. The molecule has 2 aromatic heterocycles. The number of amides is 1. The molecule has 2 saturated carbocycles. The van der Waals surface area contributed by atoms with Crippen LogP contribution in [0, 0.1) is 18.8 Å². The molecule has 1 amide bonds. The Balaban J connectivity index is 1.48. The van der Waals surface area contributed by atoms with Crippen LogP contribution >= 0.6 is 0 Å². The van der Waals surface area contributed by atoms with Crippen molar-refractivity contribution in [2.24, 2.45) is 11.8 Å². The molecule has 1 N–H and O–H groups in total. The van der Waals surface area contributed by atoms with Gasteiger partial charge in [0, 0.05) is 18.6 Å². The molecule has 0 bridgehead atoms. The van der Waals surface area contributed by atoms with Crippen LogP contribution in [-0.4, -0.2) is 39.4 Å². The van der Waals surface area contributed by atoms with E-state index in [0.29, 0.717) is 23.0 Å². The van der Waals surface area contributed by atoms with Gasteiger partial charge in [-0.1, -0.05) is 19.3 Å². The maximum absolute atomic E-state index is 13.5. The Morgan fingerprint density at radius 2 is 2.00 bits per heavy atom. The Morgan fingerprint density at radius 3 is 2.78 bits per heavy atom. The lowest BCUT2D eigenvalue weighted by Gasteiger charge is -2.41. The summed E-state index contributed by atoms with van der Waals surface area (Å²) in [5, 5.41) is 4.26. The highest BCUT2D eigenvalue weighted by molar-refractivity contribution is 6.10. The van der Waals surface area contributed by atoms with Gasteiger partial charge in [-0.3, -0.25) is 4.79 Å². The Labute approximate surface area is 159 Å². The number of furan rings is 1. The van der Waals surface area contributed by atoms with Crippen molar-refractivity contribution < 1.29 is 9.21 Å². The van der Waals surface area contributed by atoms with E-state index >= 15 is 0 Å². The van der Waals surface area contributed by atoms with E-state index in [-0.39, 0.29) is 11.4 Å². The molecule has 0 unspecified atom stereocenters. The van der Waals surface area contributed by atoms with Gasteiger partial charge in [0.2, 0.25) is 5.71 Å². The molecule has 1 saturated heterocycles. The molecular formula is C21H28N4O2. The Bertz CT molecular complexity index is 886. The maximum atomic E-state index is 13.5. The second-order valence-electron chi connectivity index (χ2n) is 8.97. The van der Waals surface area contributed by atoms with Crippen molar-refractivity contribution in [1.29, 1.82) is 0 Å². The van der Waals surface area contributed by atoms with Gasteiger partial charge in [0.15, 0.2) is 0 Å². The lowest BCUT2D eigenvalue weighted by molar-refractivity contribution is 0.0521. The van der Waals surface area contributed by atoms with E-state index in [9.17, 15) is 4.79 Å². The molecule has 0 aromatic carbocycles. The number of anilines is 1. The van der Waals surface area contributed by atoms with E-state index in [1.165, 1.54) is 32.0 Å². The van der Waals surface area contributed by atoms with E-state index < -0.39 is 0 Å². The van der Waals surface area contributed by atoms with Gasteiger partial charge in [0.05, 0.1) is 10.9 Å². The first-order valence-electron chi connectivity index (χ1n) is 10.4. The van der Waals surface area contributed by atoms with Crippen LogP contribution < -0.4 is 5.32 Å². The van der Waals surface area contributed by atoms with Crippen LogP contribution in [0.4, 0.5) is 5.82 Å². The largest absolute Gasteiger partial charge is 0.442 e. The second-order valence-corrected chi connectivity index (χ2v) is 8.97. The highest BCUT2D eigenvalue weighted by atomic mass is 16.3. The van der Waals surface area contributed by atoms with Crippen molar-refractivity contribution in [3.8, 4) is 0 Å². The number of piperidine rings is 1. The third-order valence-electron chi connectivity index (χ3n) is 6.88. The minimum atomic E-state index is 0.0766. The molecule has 6 heteroatoms. The van der Waals surface area contributed by atoms with Gasteiger partial charge in [-0.15, -0.1) is 0 Å². The predicted octanol–water partition coefficient (Wildman–Crippen LogP) is 4.15. The number of carbonyl (C=O) groups excluding carboxylic acids is 1. The highest BCUT2D eigenvalue weighted by Gasteiger charge is 2.39. The van der Waals surface area contributed by atoms with Gasteiger partial charge in [0.25, 0.3) is 5.91 Å². The van der Waals surface area contributed by atoms with Crippen LogP contribution in [0.2, 0.25) is 0 Å². The standard InChI is InChI=1S/C21H28N4O2/c1-13-16(20(26)25-10-7-14-5-3-4-6-15(14)11-25)17-18(24-21(2)8-9-21)22-12-23-19(17)27-13/h12,14-15H,3-11H2,1-2H3,(H,22,23,24)/t14-,15-/m0/s1. The molecule has 1 aliphatic heterocycles. The van der Waals surface area contributed by atoms with E-state index in [2.05, 4.69) is 22.2 Å². The summed E-state index contributed by atoms with van der Waals surface area (Å²) in [6.07, 6.45) is 10.1. The maximum Gasteiger partial charge on any atom is 0.258 e. The number of nitrogens with zero attached hydrogens (tertiary/aromatic N) is 3. The molecular weight excluding hydrogens is 340 g/mol. The Morgan fingerprint density at radius 1 is 1.22 bits per heavy atom. The average molecular weight is 368 g/mol. The van der Waals surface area contributed by atoms with Gasteiger partial charge in [-0.25, -0.2) is 9.97 Å². The normalized spacial score (nSPS) is 26.7.